The molecule has 0 atom stereocenters. The SMILES string of the molecule is Cn1c(SCC(=O)NC2CCCCCC2)nc2scc(-c3cccs3)c2c1=O. The fraction of sp³-hybridized carbons (Fsp3) is 0.450. The van der Waals surface area contributed by atoms with Gasteiger partial charge in [-0.1, -0.05) is 43.5 Å². The Labute approximate surface area is 176 Å². The molecule has 0 spiro atoms. The normalized spacial score (nSPS) is 15.6. The molecule has 8 heteroatoms. The lowest BCUT2D eigenvalue weighted by molar-refractivity contribution is -0.119. The highest BCUT2D eigenvalue weighted by molar-refractivity contribution is 7.99. The van der Waals surface area contributed by atoms with Gasteiger partial charge >= 0.3 is 0 Å². The summed E-state index contributed by atoms with van der Waals surface area (Å²) in [6.45, 7) is 0. The molecule has 3 aromatic rings. The molecule has 4 rings (SSSR count). The first-order valence-corrected chi connectivity index (χ1v) is 12.3. The van der Waals surface area contributed by atoms with Crippen molar-refractivity contribution in [2.24, 2.45) is 7.05 Å². The summed E-state index contributed by atoms with van der Waals surface area (Å²) in [6.07, 6.45) is 7.05. The second-order valence-electron chi connectivity index (χ2n) is 7.11. The molecule has 0 aromatic carbocycles. The molecule has 3 heterocycles. The van der Waals surface area contributed by atoms with Crippen LogP contribution in [0.5, 0.6) is 0 Å². The first kappa shape index (κ1) is 19.7. The topological polar surface area (TPSA) is 64.0 Å². The summed E-state index contributed by atoms with van der Waals surface area (Å²) in [5.74, 6) is 0.308. The number of fused-ring (bicyclic) bond motifs is 1. The third-order valence-electron chi connectivity index (χ3n) is 5.11. The molecule has 0 bridgehead atoms. The molecule has 0 saturated heterocycles. The minimum Gasteiger partial charge on any atom is -0.353 e. The van der Waals surface area contributed by atoms with Gasteiger partial charge in [-0.2, -0.15) is 0 Å². The lowest BCUT2D eigenvalue weighted by Crippen LogP contribution is -2.35. The van der Waals surface area contributed by atoms with Crippen LogP contribution in [0.15, 0.2) is 32.8 Å². The van der Waals surface area contributed by atoms with Crippen molar-refractivity contribution in [3.63, 3.8) is 0 Å². The largest absolute Gasteiger partial charge is 0.353 e. The first-order chi connectivity index (χ1) is 13.6. The number of thioether (sulfide) groups is 1. The molecule has 5 nitrogen and oxygen atoms in total. The summed E-state index contributed by atoms with van der Waals surface area (Å²) in [5.41, 5.74) is 0.895. The molecule has 1 saturated carbocycles. The number of carbonyl (C=O) groups excluding carboxylic acids is 1. The van der Waals surface area contributed by atoms with Crippen molar-refractivity contribution >= 4 is 50.6 Å². The number of nitrogens with one attached hydrogen (secondary N) is 1. The van der Waals surface area contributed by atoms with E-state index in [1.54, 1.807) is 23.0 Å². The van der Waals surface area contributed by atoms with Gasteiger partial charge in [-0.05, 0) is 24.3 Å². The van der Waals surface area contributed by atoms with Crippen LogP contribution in [0.3, 0.4) is 0 Å². The average Bonchev–Trinajstić information content (AvgIpc) is 3.29. The van der Waals surface area contributed by atoms with Gasteiger partial charge in [0.15, 0.2) is 5.16 Å². The molecular formula is C20H23N3O2S3. The molecule has 1 aliphatic rings. The Balaban J connectivity index is 1.49. The Kier molecular flexibility index (Phi) is 6.18. The quantitative estimate of drug-likeness (QED) is 0.361. The van der Waals surface area contributed by atoms with Gasteiger partial charge in [0.2, 0.25) is 5.91 Å². The van der Waals surface area contributed by atoms with E-state index in [4.69, 9.17) is 0 Å². The van der Waals surface area contributed by atoms with Crippen LogP contribution >= 0.6 is 34.4 Å². The highest BCUT2D eigenvalue weighted by Gasteiger charge is 2.18. The smallest absolute Gasteiger partial charge is 0.263 e. The van der Waals surface area contributed by atoms with Gasteiger partial charge in [-0.15, -0.1) is 22.7 Å². The Hall–Kier alpha value is -1.64. The van der Waals surface area contributed by atoms with E-state index < -0.39 is 0 Å². The van der Waals surface area contributed by atoms with Gasteiger partial charge in [0.25, 0.3) is 5.56 Å². The molecule has 1 aliphatic carbocycles. The lowest BCUT2D eigenvalue weighted by atomic mass is 10.1. The number of rotatable bonds is 5. The van der Waals surface area contributed by atoms with E-state index in [1.165, 1.54) is 48.8 Å². The maximum Gasteiger partial charge on any atom is 0.263 e. The van der Waals surface area contributed by atoms with Crippen molar-refractivity contribution in [2.45, 2.75) is 49.7 Å². The van der Waals surface area contributed by atoms with Crippen LogP contribution < -0.4 is 10.9 Å². The monoisotopic (exact) mass is 433 g/mol. The molecule has 0 aliphatic heterocycles. The van der Waals surface area contributed by atoms with E-state index in [-0.39, 0.29) is 17.2 Å². The van der Waals surface area contributed by atoms with E-state index in [1.807, 2.05) is 22.9 Å². The molecule has 148 valence electrons. The number of carbonyl (C=O) groups is 1. The number of nitrogens with zero attached hydrogens (tertiary/aromatic N) is 2. The Bertz CT molecular complexity index is 1020. The van der Waals surface area contributed by atoms with Gasteiger partial charge in [-0.3, -0.25) is 14.2 Å². The van der Waals surface area contributed by atoms with Gasteiger partial charge in [0, 0.05) is 28.9 Å². The molecule has 28 heavy (non-hydrogen) atoms. The van der Waals surface area contributed by atoms with E-state index in [0.29, 0.717) is 16.6 Å². The van der Waals surface area contributed by atoms with Crippen LogP contribution in [0.1, 0.15) is 38.5 Å². The summed E-state index contributed by atoms with van der Waals surface area (Å²) in [4.78, 5) is 31.8. The first-order valence-electron chi connectivity index (χ1n) is 9.58. The summed E-state index contributed by atoms with van der Waals surface area (Å²) < 4.78 is 1.57. The van der Waals surface area contributed by atoms with Crippen LogP contribution in [0.4, 0.5) is 0 Å². The zero-order valence-electron chi connectivity index (χ0n) is 15.8. The lowest BCUT2D eigenvalue weighted by Gasteiger charge is -2.16. The summed E-state index contributed by atoms with van der Waals surface area (Å²) in [6, 6.07) is 4.30. The minimum absolute atomic E-state index is 0.0247. The average molecular weight is 434 g/mol. The Morgan fingerprint density at radius 2 is 2.07 bits per heavy atom. The third-order valence-corrected chi connectivity index (χ3v) is 7.92. The van der Waals surface area contributed by atoms with Crippen LogP contribution in [0.2, 0.25) is 0 Å². The predicted octanol–water partition coefficient (Wildman–Crippen LogP) is 4.65. The molecule has 1 N–H and O–H groups in total. The summed E-state index contributed by atoms with van der Waals surface area (Å²) in [5, 5.41) is 8.42. The minimum atomic E-state index is -0.0543. The van der Waals surface area contributed by atoms with E-state index in [2.05, 4.69) is 10.3 Å². The van der Waals surface area contributed by atoms with Gasteiger partial charge < -0.3 is 5.32 Å². The van der Waals surface area contributed by atoms with Gasteiger partial charge in [0.05, 0.1) is 11.1 Å². The second-order valence-corrected chi connectivity index (χ2v) is 9.86. The number of amides is 1. The standard InChI is InChI=1S/C20H23N3O2S3/c1-23-19(25)17-14(15-9-6-10-26-15)11-27-18(17)22-20(23)28-12-16(24)21-13-7-4-2-3-5-8-13/h6,9-11,13H,2-5,7-8,12H2,1H3,(H,21,24). The fourth-order valence-corrected chi connectivity index (χ4v) is 6.20. The van der Waals surface area contributed by atoms with Crippen molar-refractivity contribution in [1.29, 1.82) is 0 Å². The molecule has 3 aromatic heterocycles. The highest BCUT2D eigenvalue weighted by atomic mass is 32.2. The van der Waals surface area contributed by atoms with Crippen molar-refractivity contribution in [3.05, 3.63) is 33.2 Å². The maximum atomic E-state index is 12.9. The van der Waals surface area contributed by atoms with E-state index in [0.717, 1.165) is 28.1 Å². The zero-order chi connectivity index (χ0) is 19.5. The van der Waals surface area contributed by atoms with Crippen LogP contribution in [-0.4, -0.2) is 27.3 Å². The highest BCUT2D eigenvalue weighted by Crippen LogP contribution is 2.34. The van der Waals surface area contributed by atoms with Gasteiger partial charge in [0.1, 0.15) is 4.83 Å². The van der Waals surface area contributed by atoms with Crippen molar-refractivity contribution < 1.29 is 4.79 Å². The number of thiophene rings is 2. The summed E-state index contributed by atoms with van der Waals surface area (Å²) >= 11 is 4.44. The number of aromatic nitrogens is 2. The molecule has 0 radical (unpaired) electrons. The van der Waals surface area contributed by atoms with Crippen molar-refractivity contribution in [3.8, 4) is 10.4 Å². The Morgan fingerprint density at radius 1 is 1.29 bits per heavy atom. The summed E-state index contributed by atoms with van der Waals surface area (Å²) in [7, 11) is 1.73. The molecular weight excluding hydrogens is 410 g/mol. The second kappa shape index (κ2) is 8.80. The van der Waals surface area contributed by atoms with Crippen molar-refractivity contribution in [2.75, 3.05) is 5.75 Å². The van der Waals surface area contributed by atoms with Crippen LogP contribution in [-0.2, 0) is 11.8 Å². The zero-order valence-corrected chi connectivity index (χ0v) is 18.2. The molecule has 1 fully saturated rings. The van der Waals surface area contributed by atoms with Crippen LogP contribution in [0, 0.1) is 0 Å². The predicted molar refractivity (Wildman–Crippen MR) is 119 cm³/mol. The Morgan fingerprint density at radius 3 is 2.79 bits per heavy atom. The van der Waals surface area contributed by atoms with Crippen molar-refractivity contribution in [1.82, 2.24) is 14.9 Å². The third kappa shape index (κ3) is 4.18. The maximum absolute atomic E-state index is 12.9. The van der Waals surface area contributed by atoms with E-state index >= 15 is 0 Å². The fourth-order valence-electron chi connectivity index (χ4n) is 3.62. The molecule has 1 amide bonds. The number of hydrogen-bond acceptors (Lipinski definition) is 6. The van der Waals surface area contributed by atoms with E-state index in [9.17, 15) is 9.59 Å². The van der Waals surface area contributed by atoms with Gasteiger partial charge in [-0.25, -0.2) is 4.98 Å². The molecule has 0 unspecified atom stereocenters. The number of hydrogen-bond donors (Lipinski definition) is 1. The van der Waals surface area contributed by atoms with Crippen LogP contribution in [0.25, 0.3) is 20.7 Å².